The molecular formula is C25H20Cl3NO6. The predicted molar refractivity (Wildman–Crippen MR) is 133 cm³/mol. The maximum absolute atomic E-state index is 12.7. The molecule has 3 aromatic rings. The number of ether oxygens (including phenoxy) is 1. The maximum Gasteiger partial charge on any atom is 0.316 e. The Balaban J connectivity index is 1.66. The van der Waals surface area contributed by atoms with Crippen molar-refractivity contribution in [1.82, 2.24) is 0 Å². The molecule has 1 unspecified atom stereocenters. The number of hydrogen-bond acceptors (Lipinski definition) is 4. The maximum atomic E-state index is 12.7. The normalized spacial score (nSPS) is 11.5. The number of amides is 1. The van der Waals surface area contributed by atoms with Crippen LogP contribution in [-0.2, 0) is 33.8 Å². The summed E-state index contributed by atoms with van der Waals surface area (Å²) in [5.74, 6) is -4.02. The van der Waals surface area contributed by atoms with E-state index >= 15 is 0 Å². The average Bonchev–Trinajstić information content (AvgIpc) is 2.79. The van der Waals surface area contributed by atoms with Gasteiger partial charge in [-0.05, 0) is 53.9 Å². The second kappa shape index (κ2) is 11.9. The third kappa shape index (κ3) is 7.36. The van der Waals surface area contributed by atoms with Crippen molar-refractivity contribution >= 4 is 58.3 Å². The Morgan fingerprint density at radius 1 is 0.857 bits per heavy atom. The van der Waals surface area contributed by atoms with Crippen molar-refractivity contribution in [3.8, 4) is 5.75 Å². The third-order valence-electron chi connectivity index (χ3n) is 5.07. The van der Waals surface area contributed by atoms with E-state index in [4.69, 9.17) is 44.6 Å². The molecule has 3 rings (SSSR count). The van der Waals surface area contributed by atoms with Gasteiger partial charge in [-0.1, -0.05) is 59.1 Å². The molecule has 0 heterocycles. The van der Waals surface area contributed by atoms with E-state index < -0.39 is 23.8 Å². The van der Waals surface area contributed by atoms with Crippen molar-refractivity contribution in [3.63, 3.8) is 0 Å². The van der Waals surface area contributed by atoms with E-state index in [1.807, 2.05) is 0 Å². The summed E-state index contributed by atoms with van der Waals surface area (Å²) < 4.78 is 5.72. The third-order valence-corrected chi connectivity index (χ3v) is 6.10. The Hall–Kier alpha value is -3.26. The molecule has 7 nitrogen and oxygen atoms in total. The molecule has 0 aliphatic rings. The number of nitrogens with one attached hydrogen (secondary N) is 1. The van der Waals surface area contributed by atoms with Crippen LogP contribution in [-0.4, -0.2) is 28.1 Å². The van der Waals surface area contributed by atoms with Gasteiger partial charge in [0.2, 0.25) is 5.91 Å². The molecule has 0 bridgehead atoms. The van der Waals surface area contributed by atoms with Crippen LogP contribution < -0.4 is 10.1 Å². The van der Waals surface area contributed by atoms with Gasteiger partial charge in [-0.25, -0.2) is 0 Å². The first-order chi connectivity index (χ1) is 16.6. The van der Waals surface area contributed by atoms with E-state index in [9.17, 15) is 19.5 Å². The van der Waals surface area contributed by atoms with Crippen LogP contribution in [0.2, 0.25) is 15.1 Å². The lowest BCUT2D eigenvalue weighted by molar-refractivity contribution is -0.145. The molecule has 0 spiro atoms. The number of halogens is 3. The van der Waals surface area contributed by atoms with E-state index in [1.54, 1.807) is 42.5 Å². The first-order valence-electron chi connectivity index (χ1n) is 10.3. The number of hydrogen-bond donors (Lipinski definition) is 3. The fraction of sp³-hybridized carbons (Fsp3) is 0.160. The summed E-state index contributed by atoms with van der Waals surface area (Å²) in [7, 11) is 0. The van der Waals surface area contributed by atoms with Crippen molar-refractivity contribution < 1.29 is 29.3 Å². The first-order valence-corrected chi connectivity index (χ1v) is 11.5. The van der Waals surface area contributed by atoms with Crippen molar-refractivity contribution in [1.29, 1.82) is 0 Å². The Morgan fingerprint density at radius 2 is 1.49 bits per heavy atom. The number of benzene rings is 3. The largest absolute Gasteiger partial charge is 0.489 e. The molecule has 182 valence electrons. The molecule has 0 fully saturated rings. The number of carbonyl (C=O) groups is 3. The van der Waals surface area contributed by atoms with Crippen LogP contribution in [0.25, 0.3) is 0 Å². The fourth-order valence-corrected chi connectivity index (χ4v) is 3.92. The number of rotatable bonds is 10. The molecule has 0 aromatic heterocycles. The summed E-state index contributed by atoms with van der Waals surface area (Å²) in [6, 6.07) is 16.2. The van der Waals surface area contributed by atoms with Crippen LogP contribution in [0.4, 0.5) is 5.69 Å². The molecule has 0 radical (unpaired) electrons. The molecular weight excluding hydrogens is 517 g/mol. The summed E-state index contributed by atoms with van der Waals surface area (Å²) in [6.07, 6.45) is -0.344. The first kappa shape index (κ1) is 26.3. The highest BCUT2D eigenvalue weighted by molar-refractivity contribution is 6.36. The molecule has 1 amide bonds. The van der Waals surface area contributed by atoms with Gasteiger partial charge in [0.1, 0.15) is 18.3 Å². The van der Waals surface area contributed by atoms with Crippen molar-refractivity contribution in [3.05, 3.63) is 92.4 Å². The lowest BCUT2D eigenvalue weighted by Gasteiger charge is -2.15. The standard InChI is InChI=1S/C25H20Cl3NO6/c26-19-2-1-3-20(27)18(19)13-35-16-7-4-14(5-8-16)10-17(25(33)34)24(32)29-22-11-15(12-23(30)31)6-9-21(22)28/h1-9,11,17H,10,12-13H2,(H,29,32)(H,30,31)(H,33,34). The van der Waals surface area contributed by atoms with Crippen LogP contribution in [0.3, 0.4) is 0 Å². The zero-order chi connectivity index (χ0) is 25.5. The lowest BCUT2D eigenvalue weighted by Crippen LogP contribution is -2.31. The topological polar surface area (TPSA) is 113 Å². The van der Waals surface area contributed by atoms with E-state index in [0.717, 1.165) is 0 Å². The minimum atomic E-state index is -1.40. The van der Waals surface area contributed by atoms with Gasteiger partial charge < -0.3 is 20.3 Å². The van der Waals surface area contributed by atoms with Crippen LogP contribution in [0, 0.1) is 5.92 Å². The quantitative estimate of drug-likeness (QED) is 0.285. The predicted octanol–water partition coefficient (Wildman–Crippen LogP) is 5.73. The van der Waals surface area contributed by atoms with Crippen molar-refractivity contribution in [2.45, 2.75) is 19.4 Å². The highest BCUT2D eigenvalue weighted by Gasteiger charge is 2.27. The number of carboxylic acids is 2. The summed E-state index contributed by atoms with van der Waals surface area (Å²) in [6.45, 7) is 0.152. The van der Waals surface area contributed by atoms with Gasteiger partial charge in [0.05, 0.1) is 17.1 Å². The van der Waals surface area contributed by atoms with E-state index in [2.05, 4.69) is 5.32 Å². The average molecular weight is 537 g/mol. The Morgan fingerprint density at radius 3 is 2.09 bits per heavy atom. The Kier molecular flexibility index (Phi) is 8.98. The molecule has 1 atom stereocenters. The van der Waals surface area contributed by atoms with Gasteiger partial charge in [-0.3, -0.25) is 14.4 Å². The highest BCUT2D eigenvalue weighted by atomic mass is 35.5. The number of aliphatic carboxylic acids is 2. The van der Waals surface area contributed by atoms with E-state index in [0.29, 0.717) is 32.5 Å². The van der Waals surface area contributed by atoms with Crippen LogP contribution in [0.5, 0.6) is 5.75 Å². The number of anilines is 1. The molecule has 0 aliphatic heterocycles. The van der Waals surface area contributed by atoms with Crippen molar-refractivity contribution in [2.75, 3.05) is 5.32 Å². The van der Waals surface area contributed by atoms with Gasteiger partial charge in [0.25, 0.3) is 0 Å². The van der Waals surface area contributed by atoms with Crippen LogP contribution >= 0.6 is 34.8 Å². The molecule has 0 saturated carbocycles. The number of carbonyl (C=O) groups excluding carboxylic acids is 1. The highest BCUT2D eigenvalue weighted by Crippen LogP contribution is 2.27. The van der Waals surface area contributed by atoms with Crippen LogP contribution in [0.15, 0.2) is 60.7 Å². The lowest BCUT2D eigenvalue weighted by atomic mass is 9.98. The Labute approximate surface area is 216 Å². The minimum absolute atomic E-state index is 0.0791. The summed E-state index contributed by atoms with van der Waals surface area (Å²) in [5.41, 5.74) is 1.80. The van der Waals surface area contributed by atoms with Crippen molar-refractivity contribution in [2.24, 2.45) is 5.92 Å². The molecule has 0 saturated heterocycles. The molecule has 35 heavy (non-hydrogen) atoms. The van der Waals surface area contributed by atoms with Crippen LogP contribution in [0.1, 0.15) is 16.7 Å². The molecule has 3 N–H and O–H groups in total. The second-order valence-electron chi connectivity index (χ2n) is 7.60. The smallest absolute Gasteiger partial charge is 0.316 e. The van der Waals surface area contributed by atoms with E-state index in [1.165, 1.54) is 18.2 Å². The summed E-state index contributed by atoms with van der Waals surface area (Å²) in [5, 5.41) is 22.2. The fourth-order valence-electron chi connectivity index (χ4n) is 3.25. The SMILES string of the molecule is O=C(O)Cc1ccc(Cl)c(NC(=O)C(Cc2ccc(OCc3c(Cl)cccc3Cl)cc2)C(=O)O)c1. The monoisotopic (exact) mass is 535 g/mol. The summed E-state index contributed by atoms with van der Waals surface area (Å²) >= 11 is 18.4. The zero-order valence-electron chi connectivity index (χ0n) is 18.1. The second-order valence-corrected chi connectivity index (χ2v) is 8.82. The summed E-state index contributed by atoms with van der Waals surface area (Å²) in [4.78, 5) is 35.5. The Bertz CT molecular complexity index is 1230. The minimum Gasteiger partial charge on any atom is -0.489 e. The van der Waals surface area contributed by atoms with Gasteiger partial charge in [0, 0.05) is 15.6 Å². The van der Waals surface area contributed by atoms with Gasteiger partial charge in [0.15, 0.2) is 0 Å². The van der Waals surface area contributed by atoms with Gasteiger partial charge in [-0.15, -0.1) is 0 Å². The molecule has 10 heteroatoms. The van der Waals surface area contributed by atoms with Gasteiger partial charge in [-0.2, -0.15) is 0 Å². The molecule has 0 aliphatic carbocycles. The zero-order valence-corrected chi connectivity index (χ0v) is 20.4. The van der Waals surface area contributed by atoms with Gasteiger partial charge >= 0.3 is 11.9 Å². The number of carboxylic acid groups (broad SMARTS) is 2. The molecule has 3 aromatic carbocycles. The van der Waals surface area contributed by atoms with E-state index in [-0.39, 0.29) is 30.2 Å².